The number of carbonyl (C=O) groups is 1. The Bertz CT molecular complexity index is 420. The summed E-state index contributed by atoms with van der Waals surface area (Å²) in [6.45, 7) is 0.586. The van der Waals surface area contributed by atoms with Crippen LogP contribution in [0.15, 0.2) is 34.5 Å². The molecule has 0 N–H and O–H groups in total. The van der Waals surface area contributed by atoms with Crippen LogP contribution in [-0.4, -0.2) is 12.4 Å². The van der Waals surface area contributed by atoms with Crippen LogP contribution in [-0.2, 0) is 4.74 Å². The minimum Gasteiger partial charge on any atom is -0.500 e. The van der Waals surface area contributed by atoms with Gasteiger partial charge in [-0.3, -0.25) is 4.79 Å². The summed E-state index contributed by atoms with van der Waals surface area (Å²) in [4.78, 5) is 11.9. The number of Topliss-reactive ketones (excluding diaryl/α,β-unsaturated/α-hetero) is 1. The van der Waals surface area contributed by atoms with Gasteiger partial charge in [-0.2, -0.15) is 0 Å². The molecular formula is C11H8BrClO2. The van der Waals surface area contributed by atoms with Crippen LogP contribution in [0, 0.1) is 0 Å². The van der Waals surface area contributed by atoms with Gasteiger partial charge in [0.2, 0.25) is 0 Å². The molecule has 1 aliphatic rings. The summed E-state index contributed by atoms with van der Waals surface area (Å²) in [5.41, 5.74) is 1.29. The highest BCUT2D eigenvalue weighted by atomic mass is 79.9. The molecule has 0 amide bonds. The highest BCUT2D eigenvalue weighted by molar-refractivity contribution is 9.10. The van der Waals surface area contributed by atoms with Crippen molar-refractivity contribution in [3.8, 4) is 0 Å². The molecular weight excluding hydrogens is 279 g/mol. The second kappa shape index (κ2) is 4.37. The van der Waals surface area contributed by atoms with Gasteiger partial charge >= 0.3 is 0 Å². The monoisotopic (exact) mass is 286 g/mol. The lowest BCUT2D eigenvalue weighted by Gasteiger charge is -2.01. The largest absolute Gasteiger partial charge is 0.500 e. The first-order valence-electron chi connectivity index (χ1n) is 4.48. The molecule has 0 saturated carbocycles. The average molecular weight is 288 g/mol. The minimum atomic E-state index is -0.0179. The molecule has 0 fully saturated rings. The van der Waals surface area contributed by atoms with Gasteiger partial charge in [-0.1, -0.05) is 27.5 Å². The summed E-state index contributed by atoms with van der Waals surface area (Å²) in [6.07, 6.45) is 2.19. The Morgan fingerprint density at radius 2 is 2.20 bits per heavy atom. The zero-order chi connectivity index (χ0) is 10.8. The molecule has 2 nitrogen and oxygen atoms in total. The van der Waals surface area contributed by atoms with Crippen LogP contribution in [0.1, 0.15) is 16.8 Å². The normalized spacial score (nSPS) is 14.7. The van der Waals surface area contributed by atoms with E-state index in [1.807, 2.05) is 0 Å². The zero-order valence-electron chi connectivity index (χ0n) is 7.80. The third-order valence-electron chi connectivity index (χ3n) is 2.13. The maximum Gasteiger partial charge on any atom is 0.192 e. The van der Waals surface area contributed by atoms with E-state index in [2.05, 4.69) is 15.9 Å². The summed E-state index contributed by atoms with van der Waals surface area (Å²) < 4.78 is 5.84. The molecule has 0 atom stereocenters. The van der Waals surface area contributed by atoms with Gasteiger partial charge in [0.1, 0.15) is 0 Å². The summed E-state index contributed by atoms with van der Waals surface area (Å²) in [7, 11) is 0. The van der Waals surface area contributed by atoms with Gasteiger partial charge < -0.3 is 4.74 Å². The van der Waals surface area contributed by atoms with Crippen LogP contribution < -0.4 is 0 Å². The molecule has 2 rings (SSSR count). The molecule has 0 aliphatic carbocycles. The van der Waals surface area contributed by atoms with Gasteiger partial charge in [0.05, 0.1) is 12.9 Å². The summed E-state index contributed by atoms with van der Waals surface area (Å²) in [5, 5.41) is 0.548. The van der Waals surface area contributed by atoms with E-state index in [0.29, 0.717) is 29.2 Å². The number of hydrogen-bond donors (Lipinski definition) is 0. The molecule has 0 saturated heterocycles. The topological polar surface area (TPSA) is 26.3 Å². The van der Waals surface area contributed by atoms with E-state index in [-0.39, 0.29) is 5.78 Å². The van der Waals surface area contributed by atoms with E-state index in [1.165, 1.54) is 6.26 Å². The average Bonchev–Trinajstić information content (AvgIpc) is 2.67. The zero-order valence-corrected chi connectivity index (χ0v) is 10.1. The Hall–Kier alpha value is -0.800. The van der Waals surface area contributed by atoms with Gasteiger partial charge in [0.25, 0.3) is 0 Å². The number of carbonyl (C=O) groups excluding carboxylic acids is 1. The van der Waals surface area contributed by atoms with E-state index in [9.17, 15) is 4.79 Å². The Labute approximate surface area is 101 Å². The smallest absolute Gasteiger partial charge is 0.192 e. The molecule has 15 heavy (non-hydrogen) atoms. The van der Waals surface area contributed by atoms with Gasteiger partial charge in [0, 0.05) is 27.1 Å². The Morgan fingerprint density at radius 3 is 2.80 bits per heavy atom. The number of benzene rings is 1. The van der Waals surface area contributed by atoms with Crippen LogP contribution in [0.4, 0.5) is 0 Å². The second-order valence-corrected chi connectivity index (χ2v) is 4.60. The van der Waals surface area contributed by atoms with Crippen molar-refractivity contribution in [1.82, 2.24) is 0 Å². The van der Waals surface area contributed by atoms with Crippen molar-refractivity contribution in [1.29, 1.82) is 0 Å². The van der Waals surface area contributed by atoms with Crippen molar-refractivity contribution in [2.24, 2.45) is 0 Å². The Balaban J connectivity index is 2.32. The fraction of sp³-hybridized carbons (Fsp3) is 0.182. The van der Waals surface area contributed by atoms with Crippen molar-refractivity contribution in [2.45, 2.75) is 6.42 Å². The first kappa shape index (κ1) is 10.7. The van der Waals surface area contributed by atoms with Crippen molar-refractivity contribution >= 4 is 33.3 Å². The lowest BCUT2D eigenvalue weighted by molar-refractivity contribution is 0.103. The first-order valence-corrected chi connectivity index (χ1v) is 5.65. The lowest BCUT2D eigenvalue weighted by atomic mass is 10.0. The van der Waals surface area contributed by atoms with Gasteiger partial charge in [-0.25, -0.2) is 0 Å². The number of ketones is 1. The SMILES string of the molecule is O=C(C1=COCC1)c1cc(Cl)cc(Br)c1. The molecule has 0 spiro atoms. The molecule has 0 radical (unpaired) electrons. The summed E-state index contributed by atoms with van der Waals surface area (Å²) in [6, 6.07) is 5.17. The second-order valence-electron chi connectivity index (χ2n) is 3.25. The number of ether oxygens (including phenoxy) is 1. The maximum absolute atomic E-state index is 11.9. The van der Waals surface area contributed by atoms with Crippen LogP contribution >= 0.6 is 27.5 Å². The lowest BCUT2D eigenvalue weighted by Crippen LogP contribution is -2.01. The Morgan fingerprint density at radius 1 is 1.40 bits per heavy atom. The minimum absolute atomic E-state index is 0.0179. The molecule has 0 unspecified atom stereocenters. The maximum atomic E-state index is 11.9. The third kappa shape index (κ3) is 2.41. The van der Waals surface area contributed by atoms with Gasteiger partial charge in [-0.05, 0) is 18.2 Å². The van der Waals surface area contributed by atoms with Crippen LogP contribution in [0.2, 0.25) is 5.02 Å². The van der Waals surface area contributed by atoms with Crippen LogP contribution in [0.25, 0.3) is 0 Å². The van der Waals surface area contributed by atoms with Crippen LogP contribution in [0.3, 0.4) is 0 Å². The molecule has 78 valence electrons. The first-order chi connectivity index (χ1) is 7.16. The van der Waals surface area contributed by atoms with Gasteiger partial charge in [0.15, 0.2) is 5.78 Å². The van der Waals surface area contributed by atoms with Crippen molar-refractivity contribution < 1.29 is 9.53 Å². The fourth-order valence-corrected chi connectivity index (χ4v) is 2.28. The molecule has 4 heteroatoms. The summed E-state index contributed by atoms with van der Waals surface area (Å²) in [5.74, 6) is -0.0179. The number of halogens is 2. The van der Waals surface area contributed by atoms with E-state index < -0.39 is 0 Å². The van der Waals surface area contributed by atoms with E-state index in [4.69, 9.17) is 16.3 Å². The van der Waals surface area contributed by atoms with Crippen molar-refractivity contribution in [2.75, 3.05) is 6.61 Å². The van der Waals surface area contributed by atoms with E-state index >= 15 is 0 Å². The molecule has 1 aromatic carbocycles. The molecule has 1 heterocycles. The molecule has 1 aromatic rings. The van der Waals surface area contributed by atoms with E-state index in [0.717, 1.165) is 4.47 Å². The van der Waals surface area contributed by atoms with E-state index in [1.54, 1.807) is 18.2 Å². The standard InChI is InChI=1S/C11H8BrClO2/c12-9-3-8(4-10(13)5-9)11(14)7-1-2-15-6-7/h3-6H,1-2H2. The predicted molar refractivity (Wildman–Crippen MR) is 62.1 cm³/mol. The van der Waals surface area contributed by atoms with Crippen molar-refractivity contribution in [3.05, 3.63) is 45.1 Å². The van der Waals surface area contributed by atoms with Crippen LogP contribution in [0.5, 0.6) is 0 Å². The fourth-order valence-electron chi connectivity index (χ4n) is 1.42. The van der Waals surface area contributed by atoms with Crippen molar-refractivity contribution in [3.63, 3.8) is 0 Å². The highest BCUT2D eigenvalue weighted by Crippen LogP contribution is 2.23. The molecule has 1 aliphatic heterocycles. The Kier molecular flexibility index (Phi) is 3.12. The quantitative estimate of drug-likeness (QED) is 0.777. The predicted octanol–water partition coefficient (Wildman–Crippen LogP) is 3.59. The number of hydrogen-bond acceptors (Lipinski definition) is 2. The third-order valence-corrected chi connectivity index (χ3v) is 2.81. The molecule has 0 bridgehead atoms. The molecule has 0 aromatic heterocycles. The summed E-state index contributed by atoms with van der Waals surface area (Å²) >= 11 is 9.17. The number of rotatable bonds is 2. The van der Waals surface area contributed by atoms with Gasteiger partial charge in [-0.15, -0.1) is 0 Å². The highest BCUT2D eigenvalue weighted by Gasteiger charge is 2.17.